The molecule has 8 heteroatoms. The average molecular weight is 409 g/mol. The molecule has 4 rings (SSSR count). The van der Waals surface area contributed by atoms with Gasteiger partial charge < -0.3 is 19.9 Å². The predicted molar refractivity (Wildman–Crippen MR) is 95.3 cm³/mol. The summed E-state index contributed by atoms with van der Waals surface area (Å²) in [5, 5.41) is 2.95. The van der Waals surface area contributed by atoms with Gasteiger partial charge in [0.1, 0.15) is 5.82 Å². The number of anilines is 1. The van der Waals surface area contributed by atoms with Crippen LogP contribution in [0.15, 0.2) is 16.7 Å². The van der Waals surface area contributed by atoms with Crippen LogP contribution in [0.3, 0.4) is 0 Å². The highest BCUT2D eigenvalue weighted by molar-refractivity contribution is 9.10. The third-order valence-electron chi connectivity index (χ3n) is 5.45. The van der Waals surface area contributed by atoms with Gasteiger partial charge in [-0.3, -0.25) is 4.79 Å². The van der Waals surface area contributed by atoms with Crippen LogP contribution in [0.4, 0.5) is 10.6 Å². The van der Waals surface area contributed by atoms with Gasteiger partial charge in [0.2, 0.25) is 5.91 Å². The first kappa shape index (κ1) is 16.8. The zero-order valence-corrected chi connectivity index (χ0v) is 15.5. The molecule has 2 saturated heterocycles. The summed E-state index contributed by atoms with van der Waals surface area (Å²) >= 11 is 3.45. The van der Waals surface area contributed by atoms with E-state index in [4.69, 9.17) is 4.74 Å². The van der Waals surface area contributed by atoms with Crippen LogP contribution < -0.4 is 5.32 Å². The van der Waals surface area contributed by atoms with Crippen LogP contribution in [0.1, 0.15) is 18.4 Å². The molecule has 1 N–H and O–H groups in total. The number of fused-ring (bicyclic) bond motifs is 1. The van der Waals surface area contributed by atoms with Crippen LogP contribution in [-0.2, 0) is 16.0 Å². The van der Waals surface area contributed by atoms with Crippen molar-refractivity contribution >= 4 is 33.7 Å². The molecule has 0 atom stereocenters. The topological polar surface area (TPSA) is 74.8 Å². The lowest BCUT2D eigenvalue weighted by molar-refractivity contribution is -0.128. The van der Waals surface area contributed by atoms with E-state index < -0.39 is 5.41 Å². The summed E-state index contributed by atoms with van der Waals surface area (Å²) in [6.45, 7) is 3.72. The van der Waals surface area contributed by atoms with Gasteiger partial charge in [-0.1, -0.05) is 0 Å². The number of piperidine rings is 1. The summed E-state index contributed by atoms with van der Waals surface area (Å²) in [4.78, 5) is 33.3. The first-order valence-electron chi connectivity index (χ1n) is 8.65. The van der Waals surface area contributed by atoms with Crippen molar-refractivity contribution in [2.45, 2.75) is 19.3 Å². The van der Waals surface area contributed by atoms with E-state index in [0.717, 1.165) is 10.0 Å². The van der Waals surface area contributed by atoms with Crippen LogP contribution in [0, 0.1) is 5.41 Å². The average Bonchev–Trinajstić information content (AvgIpc) is 2.64. The smallest absolute Gasteiger partial charge is 0.320 e. The van der Waals surface area contributed by atoms with Gasteiger partial charge in [-0.2, -0.15) is 0 Å². The molecule has 0 aromatic carbocycles. The molecule has 3 amide bonds. The Morgan fingerprint density at radius 1 is 1.20 bits per heavy atom. The Morgan fingerprint density at radius 3 is 2.60 bits per heavy atom. The van der Waals surface area contributed by atoms with E-state index in [2.05, 4.69) is 26.2 Å². The second-order valence-corrected chi connectivity index (χ2v) is 7.86. The number of nitrogens with one attached hydrogen (secondary N) is 1. The lowest BCUT2D eigenvalue weighted by atomic mass is 9.71. The minimum absolute atomic E-state index is 0.0355. The lowest BCUT2D eigenvalue weighted by Crippen LogP contribution is -2.55. The summed E-state index contributed by atoms with van der Waals surface area (Å²) in [6.07, 6.45) is 3.74. The van der Waals surface area contributed by atoms with Crippen molar-refractivity contribution < 1.29 is 14.3 Å². The number of morpholine rings is 1. The van der Waals surface area contributed by atoms with E-state index >= 15 is 0 Å². The fourth-order valence-corrected chi connectivity index (χ4v) is 4.28. The number of urea groups is 1. The van der Waals surface area contributed by atoms with Gasteiger partial charge in [0.15, 0.2) is 0 Å². The molecule has 2 fully saturated rings. The Bertz CT molecular complexity index is 697. The van der Waals surface area contributed by atoms with Gasteiger partial charge in [0.05, 0.1) is 18.6 Å². The van der Waals surface area contributed by atoms with Gasteiger partial charge >= 0.3 is 6.03 Å². The molecule has 4 heterocycles. The molecule has 1 aromatic heterocycles. The maximum atomic E-state index is 12.7. The first-order chi connectivity index (χ1) is 12.1. The van der Waals surface area contributed by atoms with Crippen molar-refractivity contribution in [2.24, 2.45) is 5.41 Å². The van der Waals surface area contributed by atoms with E-state index in [0.29, 0.717) is 64.5 Å². The molecule has 7 nitrogen and oxygen atoms in total. The highest BCUT2D eigenvalue weighted by Gasteiger charge is 2.46. The van der Waals surface area contributed by atoms with Crippen molar-refractivity contribution in [1.82, 2.24) is 14.8 Å². The van der Waals surface area contributed by atoms with Crippen molar-refractivity contribution in [3.05, 3.63) is 22.3 Å². The molecule has 0 bridgehead atoms. The summed E-state index contributed by atoms with van der Waals surface area (Å²) in [5.74, 6) is 0.693. The normalized spacial score (nSPS) is 22.5. The second kappa shape index (κ2) is 6.57. The number of halogens is 1. The van der Waals surface area contributed by atoms with Crippen LogP contribution in [-0.4, -0.2) is 66.1 Å². The minimum atomic E-state index is -0.433. The molecular weight excluding hydrogens is 388 g/mol. The molecule has 0 unspecified atom stereocenters. The highest BCUT2D eigenvalue weighted by Crippen LogP contribution is 2.41. The van der Waals surface area contributed by atoms with Crippen LogP contribution in [0.25, 0.3) is 0 Å². The molecule has 3 aliphatic rings. The van der Waals surface area contributed by atoms with E-state index in [9.17, 15) is 9.59 Å². The number of carbonyl (C=O) groups excluding carboxylic acids is 2. The maximum absolute atomic E-state index is 12.7. The standard InChI is InChI=1S/C17H21BrN4O3/c18-13-9-12-10-17(15(23)20-14(12)19-11-13)1-3-21(4-2-17)16(24)22-5-7-25-8-6-22/h9,11H,1-8,10H2,(H,19,20,23). The molecular formula is C17H21BrN4O3. The molecule has 1 aromatic rings. The van der Waals surface area contributed by atoms with E-state index in [1.54, 1.807) is 6.20 Å². The third-order valence-corrected chi connectivity index (χ3v) is 5.88. The molecule has 25 heavy (non-hydrogen) atoms. The Hall–Kier alpha value is -1.67. The molecule has 0 saturated carbocycles. The first-order valence-corrected chi connectivity index (χ1v) is 9.44. The Kier molecular flexibility index (Phi) is 4.41. The van der Waals surface area contributed by atoms with E-state index in [-0.39, 0.29) is 11.9 Å². The summed E-state index contributed by atoms with van der Waals surface area (Å²) in [6, 6.07) is 2.09. The Morgan fingerprint density at radius 2 is 1.88 bits per heavy atom. The zero-order valence-electron chi connectivity index (χ0n) is 14.0. The second-order valence-electron chi connectivity index (χ2n) is 6.94. The van der Waals surface area contributed by atoms with Gasteiger partial charge in [-0.25, -0.2) is 9.78 Å². The number of carbonyl (C=O) groups is 2. The fraction of sp³-hybridized carbons (Fsp3) is 0.588. The van der Waals surface area contributed by atoms with Gasteiger partial charge in [-0.15, -0.1) is 0 Å². The number of hydrogen-bond donors (Lipinski definition) is 1. The zero-order chi connectivity index (χ0) is 17.4. The number of pyridine rings is 1. The SMILES string of the molecule is O=C(N1CCOCC1)N1CCC2(CC1)Cc1cc(Br)cnc1NC2=O. The maximum Gasteiger partial charge on any atom is 0.320 e. The summed E-state index contributed by atoms with van der Waals surface area (Å²) < 4.78 is 6.22. The van der Waals surface area contributed by atoms with Crippen LogP contribution >= 0.6 is 15.9 Å². The Balaban J connectivity index is 1.45. The van der Waals surface area contributed by atoms with Crippen molar-refractivity contribution in [2.75, 3.05) is 44.7 Å². The van der Waals surface area contributed by atoms with Crippen LogP contribution in [0.5, 0.6) is 0 Å². The number of rotatable bonds is 0. The monoisotopic (exact) mass is 408 g/mol. The van der Waals surface area contributed by atoms with Crippen molar-refractivity contribution in [3.63, 3.8) is 0 Å². The number of ether oxygens (including phenoxy) is 1. The fourth-order valence-electron chi connectivity index (χ4n) is 3.90. The number of aromatic nitrogens is 1. The van der Waals surface area contributed by atoms with Gasteiger partial charge in [-0.05, 0) is 46.8 Å². The Labute approximate surface area is 154 Å². The number of nitrogens with zero attached hydrogens (tertiary/aromatic N) is 3. The van der Waals surface area contributed by atoms with Gasteiger partial charge in [0.25, 0.3) is 0 Å². The van der Waals surface area contributed by atoms with Crippen molar-refractivity contribution in [3.8, 4) is 0 Å². The molecule has 0 aliphatic carbocycles. The number of amides is 3. The molecule has 0 radical (unpaired) electrons. The van der Waals surface area contributed by atoms with Crippen molar-refractivity contribution in [1.29, 1.82) is 0 Å². The molecule has 1 spiro atoms. The van der Waals surface area contributed by atoms with E-state index in [1.165, 1.54) is 0 Å². The molecule has 3 aliphatic heterocycles. The summed E-state index contributed by atoms with van der Waals surface area (Å²) in [7, 11) is 0. The van der Waals surface area contributed by atoms with E-state index in [1.807, 2.05) is 15.9 Å². The predicted octanol–water partition coefficient (Wildman–Crippen LogP) is 1.87. The number of hydrogen-bond acceptors (Lipinski definition) is 4. The third kappa shape index (κ3) is 3.13. The number of likely N-dealkylation sites (tertiary alicyclic amines) is 1. The minimum Gasteiger partial charge on any atom is -0.378 e. The largest absolute Gasteiger partial charge is 0.378 e. The summed E-state index contributed by atoms with van der Waals surface area (Å²) in [5.41, 5.74) is 0.624. The quantitative estimate of drug-likeness (QED) is 0.710. The molecule has 134 valence electrons. The van der Waals surface area contributed by atoms with Gasteiger partial charge in [0, 0.05) is 36.8 Å². The lowest BCUT2D eigenvalue weighted by Gasteiger charge is -2.44. The van der Waals surface area contributed by atoms with Crippen LogP contribution in [0.2, 0.25) is 0 Å². The highest BCUT2D eigenvalue weighted by atomic mass is 79.9.